The van der Waals surface area contributed by atoms with Crippen LogP contribution in [0.2, 0.25) is 0 Å². The van der Waals surface area contributed by atoms with E-state index in [0.717, 1.165) is 57.9 Å². The maximum atomic E-state index is 12.4. The lowest BCUT2D eigenvalue weighted by Crippen LogP contribution is -2.53. The number of piperazine rings is 1. The Morgan fingerprint density at radius 3 is 2.54 bits per heavy atom. The molecule has 1 aromatic carbocycles. The zero-order chi connectivity index (χ0) is 18.4. The van der Waals surface area contributed by atoms with Crippen LogP contribution in [0.25, 0.3) is 0 Å². The minimum atomic E-state index is -0.0752. The molecule has 2 N–H and O–H groups in total. The fraction of sp³-hybridized carbons (Fsp3) is 0.579. The zero-order valence-corrected chi connectivity index (χ0v) is 15.4. The Morgan fingerprint density at radius 2 is 1.92 bits per heavy atom. The summed E-state index contributed by atoms with van der Waals surface area (Å²) in [6.45, 7) is 5.60. The van der Waals surface area contributed by atoms with E-state index in [-0.39, 0.29) is 17.9 Å². The summed E-state index contributed by atoms with van der Waals surface area (Å²) in [6.07, 6.45) is 2.04. The van der Waals surface area contributed by atoms with Crippen molar-refractivity contribution in [2.75, 3.05) is 52.9 Å². The number of ether oxygens (including phenoxy) is 1. The maximum absolute atomic E-state index is 12.4. The predicted molar refractivity (Wildman–Crippen MR) is 99.4 cm³/mol. The second-order valence-corrected chi connectivity index (χ2v) is 6.80. The molecule has 7 nitrogen and oxygen atoms in total. The van der Waals surface area contributed by atoms with Crippen LogP contribution in [-0.4, -0.2) is 80.6 Å². The number of nitrogens with one attached hydrogen (secondary N) is 2. The van der Waals surface area contributed by atoms with Gasteiger partial charge in [0.15, 0.2) is 0 Å². The van der Waals surface area contributed by atoms with Crippen molar-refractivity contribution in [2.45, 2.75) is 18.9 Å². The van der Waals surface area contributed by atoms with Crippen LogP contribution in [0.4, 0.5) is 0 Å². The van der Waals surface area contributed by atoms with Crippen LogP contribution >= 0.6 is 0 Å². The molecule has 2 saturated heterocycles. The van der Waals surface area contributed by atoms with Crippen molar-refractivity contribution < 1.29 is 14.3 Å². The molecule has 2 amide bonds. The van der Waals surface area contributed by atoms with Crippen molar-refractivity contribution >= 4 is 11.8 Å². The average molecular weight is 360 g/mol. The molecule has 0 spiro atoms. The topological polar surface area (TPSA) is 73.9 Å². The van der Waals surface area contributed by atoms with Gasteiger partial charge in [-0.15, -0.1) is 0 Å². The Hall–Kier alpha value is -2.12. The van der Waals surface area contributed by atoms with Gasteiger partial charge in [-0.3, -0.25) is 14.5 Å². The van der Waals surface area contributed by atoms with Gasteiger partial charge >= 0.3 is 0 Å². The first-order chi connectivity index (χ1) is 12.7. The van der Waals surface area contributed by atoms with Gasteiger partial charge in [-0.2, -0.15) is 0 Å². The van der Waals surface area contributed by atoms with E-state index in [4.69, 9.17) is 4.74 Å². The fourth-order valence-corrected chi connectivity index (χ4v) is 3.48. The summed E-state index contributed by atoms with van der Waals surface area (Å²) in [5.74, 6) is 0.908. The number of benzene rings is 1. The molecule has 0 aromatic heterocycles. The highest BCUT2D eigenvalue weighted by molar-refractivity contribution is 5.94. The number of hydrogen-bond acceptors (Lipinski definition) is 5. The smallest absolute Gasteiger partial charge is 0.251 e. The molecule has 0 aliphatic carbocycles. The molecule has 26 heavy (non-hydrogen) atoms. The zero-order valence-electron chi connectivity index (χ0n) is 15.4. The quantitative estimate of drug-likeness (QED) is 0.764. The molecule has 3 rings (SSSR count). The van der Waals surface area contributed by atoms with E-state index in [0.29, 0.717) is 12.1 Å². The van der Waals surface area contributed by atoms with Crippen LogP contribution in [0.5, 0.6) is 5.75 Å². The molecule has 2 heterocycles. The third-order valence-electron chi connectivity index (χ3n) is 5.11. The summed E-state index contributed by atoms with van der Waals surface area (Å²) in [5, 5.41) is 6.22. The van der Waals surface area contributed by atoms with Gasteiger partial charge in [0.1, 0.15) is 5.75 Å². The van der Waals surface area contributed by atoms with Crippen molar-refractivity contribution in [2.24, 2.45) is 0 Å². The van der Waals surface area contributed by atoms with E-state index < -0.39 is 0 Å². The summed E-state index contributed by atoms with van der Waals surface area (Å²) in [5.41, 5.74) is 0.630. The van der Waals surface area contributed by atoms with Crippen molar-refractivity contribution in [1.82, 2.24) is 20.4 Å². The molecule has 142 valence electrons. The van der Waals surface area contributed by atoms with Gasteiger partial charge in [-0.25, -0.2) is 0 Å². The highest BCUT2D eigenvalue weighted by atomic mass is 16.5. The minimum absolute atomic E-state index is 0.0188. The fourth-order valence-electron chi connectivity index (χ4n) is 3.48. The van der Waals surface area contributed by atoms with Gasteiger partial charge in [0.05, 0.1) is 13.2 Å². The first-order valence-electron chi connectivity index (χ1n) is 9.34. The summed E-state index contributed by atoms with van der Waals surface area (Å²) in [4.78, 5) is 28.8. The van der Waals surface area contributed by atoms with Gasteiger partial charge in [-0.1, -0.05) is 0 Å². The number of rotatable bonds is 6. The van der Waals surface area contributed by atoms with Crippen molar-refractivity contribution in [3.8, 4) is 5.75 Å². The number of nitrogens with zero attached hydrogens (tertiary/aromatic N) is 2. The van der Waals surface area contributed by atoms with Crippen LogP contribution < -0.4 is 15.4 Å². The van der Waals surface area contributed by atoms with Gasteiger partial charge in [-0.05, 0) is 43.7 Å². The average Bonchev–Trinajstić information content (AvgIpc) is 3.23. The number of methoxy groups -OCH3 is 1. The minimum Gasteiger partial charge on any atom is -0.497 e. The van der Waals surface area contributed by atoms with E-state index >= 15 is 0 Å². The molecule has 1 aromatic rings. The lowest BCUT2D eigenvalue weighted by molar-refractivity contribution is -0.134. The van der Waals surface area contributed by atoms with E-state index in [9.17, 15) is 9.59 Å². The van der Waals surface area contributed by atoms with E-state index in [1.165, 1.54) is 0 Å². The predicted octanol–water partition coefficient (Wildman–Crippen LogP) is 0.321. The van der Waals surface area contributed by atoms with E-state index in [2.05, 4.69) is 15.5 Å². The first kappa shape index (κ1) is 18.7. The van der Waals surface area contributed by atoms with Gasteiger partial charge in [0, 0.05) is 44.8 Å². The summed E-state index contributed by atoms with van der Waals surface area (Å²) in [6, 6.07) is 7.10. The molecule has 7 heteroatoms. The number of hydrogen-bond donors (Lipinski definition) is 2. The third-order valence-corrected chi connectivity index (χ3v) is 5.11. The molecule has 0 saturated carbocycles. The molecular formula is C19H28N4O3. The van der Waals surface area contributed by atoms with Crippen LogP contribution in [-0.2, 0) is 4.79 Å². The second-order valence-electron chi connectivity index (χ2n) is 6.80. The summed E-state index contributed by atoms with van der Waals surface area (Å²) < 4.78 is 5.10. The molecule has 2 aliphatic heterocycles. The van der Waals surface area contributed by atoms with Crippen LogP contribution in [0.3, 0.4) is 0 Å². The lowest BCUT2D eigenvalue weighted by atomic mass is 10.2. The summed E-state index contributed by atoms with van der Waals surface area (Å²) >= 11 is 0. The standard InChI is InChI=1S/C19H28N4O3/c1-26-16-6-4-15(5-7-16)18(24)21-9-10-22-11-13-23(14-12-22)19(25)17-3-2-8-20-17/h4-7,17,20H,2-3,8-14H2,1H3,(H,21,24). The van der Waals surface area contributed by atoms with Crippen LogP contribution in [0.1, 0.15) is 23.2 Å². The van der Waals surface area contributed by atoms with Gasteiger partial charge in [0.2, 0.25) is 5.91 Å². The van der Waals surface area contributed by atoms with Gasteiger partial charge in [0.25, 0.3) is 5.91 Å². The number of carbonyl (C=O) groups is 2. The molecule has 2 fully saturated rings. The van der Waals surface area contributed by atoms with Gasteiger partial charge < -0.3 is 20.3 Å². The Kier molecular flexibility index (Phi) is 6.46. The molecule has 2 aliphatic rings. The highest BCUT2D eigenvalue weighted by Gasteiger charge is 2.28. The molecule has 1 atom stereocenters. The monoisotopic (exact) mass is 360 g/mol. The third kappa shape index (κ3) is 4.74. The Bertz CT molecular complexity index is 606. The SMILES string of the molecule is COc1ccc(C(=O)NCCN2CCN(C(=O)C3CCCN3)CC2)cc1. The Labute approximate surface area is 154 Å². The Morgan fingerprint density at radius 1 is 1.19 bits per heavy atom. The molecule has 1 unspecified atom stereocenters. The summed E-state index contributed by atoms with van der Waals surface area (Å²) in [7, 11) is 1.60. The van der Waals surface area contributed by atoms with Crippen molar-refractivity contribution in [3.63, 3.8) is 0 Å². The number of carbonyl (C=O) groups excluding carboxylic acids is 2. The van der Waals surface area contributed by atoms with E-state index in [1.54, 1.807) is 31.4 Å². The van der Waals surface area contributed by atoms with Crippen molar-refractivity contribution in [1.29, 1.82) is 0 Å². The van der Waals surface area contributed by atoms with Crippen LogP contribution in [0, 0.1) is 0 Å². The Balaban J connectivity index is 1.35. The largest absolute Gasteiger partial charge is 0.497 e. The van der Waals surface area contributed by atoms with E-state index in [1.807, 2.05) is 4.90 Å². The maximum Gasteiger partial charge on any atom is 0.251 e. The van der Waals surface area contributed by atoms with Crippen molar-refractivity contribution in [3.05, 3.63) is 29.8 Å². The highest BCUT2D eigenvalue weighted by Crippen LogP contribution is 2.12. The number of amides is 2. The second kappa shape index (κ2) is 9.00. The molecular weight excluding hydrogens is 332 g/mol. The first-order valence-corrected chi connectivity index (χ1v) is 9.34. The molecule has 0 bridgehead atoms. The lowest BCUT2D eigenvalue weighted by Gasteiger charge is -2.36. The normalized spacial score (nSPS) is 20.8. The molecule has 0 radical (unpaired) electrons. The van der Waals surface area contributed by atoms with Crippen LogP contribution in [0.15, 0.2) is 24.3 Å².